The maximum atomic E-state index is 11.0. The lowest BCUT2D eigenvalue weighted by molar-refractivity contribution is 0.0941. The number of rotatable bonds is 2. The van der Waals surface area contributed by atoms with Crippen LogP contribution in [0.3, 0.4) is 0 Å². The van der Waals surface area contributed by atoms with Gasteiger partial charge in [0.1, 0.15) is 0 Å². The van der Waals surface area contributed by atoms with Crippen LogP contribution in [0.1, 0.15) is 25.7 Å². The molecule has 2 rings (SSSR count). The number of amides is 1. The summed E-state index contributed by atoms with van der Waals surface area (Å²) < 4.78 is 0.0836. The summed E-state index contributed by atoms with van der Waals surface area (Å²) in [4.78, 5) is 16.0. The molecule has 0 unspecified atom stereocenters. The van der Waals surface area contributed by atoms with Crippen molar-refractivity contribution in [3.63, 3.8) is 0 Å². The fourth-order valence-electron chi connectivity index (χ4n) is 2.93. The van der Waals surface area contributed by atoms with Crippen LogP contribution in [-0.2, 0) is 0 Å². The van der Waals surface area contributed by atoms with Crippen LogP contribution in [-0.4, -0.2) is 59.0 Å². The molecule has 0 atom stereocenters. The molecular formula is C12H22IN3O. The van der Waals surface area contributed by atoms with Crippen molar-refractivity contribution in [1.82, 2.24) is 15.1 Å². The zero-order chi connectivity index (χ0) is 12.3. The number of likely N-dealkylation sites (tertiary alicyclic amines) is 2. The minimum atomic E-state index is 0.0836. The maximum absolute atomic E-state index is 11.0. The third-order valence-corrected chi connectivity index (χ3v) is 4.36. The fourth-order valence-corrected chi connectivity index (χ4v) is 3.37. The third-order valence-electron chi connectivity index (χ3n) is 4.05. The van der Waals surface area contributed by atoms with Crippen LogP contribution in [0.4, 0.5) is 4.79 Å². The molecule has 2 heterocycles. The molecule has 0 spiro atoms. The Hall–Kier alpha value is 0.120. The van der Waals surface area contributed by atoms with Gasteiger partial charge in [0.25, 0.3) is 3.91 Å². The van der Waals surface area contributed by atoms with E-state index in [4.69, 9.17) is 0 Å². The lowest BCUT2D eigenvalue weighted by atomic mass is 9.98. The Labute approximate surface area is 117 Å². The molecule has 0 radical (unpaired) electrons. The Balaban J connectivity index is 1.73. The molecule has 2 aliphatic rings. The number of piperidine rings is 2. The number of hydrogen-bond acceptors (Lipinski definition) is 3. The van der Waals surface area contributed by atoms with Gasteiger partial charge >= 0.3 is 0 Å². The van der Waals surface area contributed by atoms with Crippen LogP contribution in [0, 0.1) is 0 Å². The van der Waals surface area contributed by atoms with Crippen molar-refractivity contribution in [3.8, 4) is 0 Å². The van der Waals surface area contributed by atoms with E-state index < -0.39 is 0 Å². The Morgan fingerprint density at radius 3 is 2.24 bits per heavy atom. The van der Waals surface area contributed by atoms with E-state index >= 15 is 0 Å². The highest BCUT2D eigenvalue weighted by molar-refractivity contribution is 14.1. The topological polar surface area (TPSA) is 35.6 Å². The molecule has 5 heteroatoms. The first-order valence-electron chi connectivity index (χ1n) is 6.54. The van der Waals surface area contributed by atoms with E-state index in [0.29, 0.717) is 6.04 Å². The summed E-state index contributed by atoms with van der Waals surface area (Å²) in [5.74, 6) is 0. The number of nitrogens with one attached hydrogen (secondary N) is 1. The minimum absolute atomic E-state index is 0.0836. The van der Waals surface area contributed by atoms with Gasteiger partial charge in [-0.3, -0.25) is 4.79 Å². The first-order valence-corrected chi connectivity index (χ1v) is 7.61. The summed E-state index contributed by atoms with van der Waals surface area (Å²) in [7, 11) is 2.21. The Bertz CT molecular complexity index is 258. The van der Waals surface area contributed by atoms with Gasteiger partial charge in [-0.25, -0.2) is 0 Å². The number of hydrogen-bond donors (Lipinski definition) is 1. The van der Waals surface area contributed by atoms with Gasteiger partial charge in [-0.1, -0.05) is 0 Å². The molecule has 4 nitrogen and oxygen atoms in total. The molecule has 0 saturated carbocycles. The third kappa shape index (κ3) is 4.06. The van der Waals surface area contributed by atoms with Crippen molar-refractivity contribution < 1.29 is 4.79 Å². The number of nitrogens with zero attached hydrogens (tertiary/aromatic N) is 2. The second-order valence-corrected chi connectivity index (χ2v) is 6.24. The molecule has 2 saturated heterocycles. The van der Waals surface area contributed by atoms with Crippen LogP contribution in [0.2, 0.25) is 0 Å². The van der Waals surface area contributed by atoms with E-state index in [2.05, 4.69) is 22.2 Å². The van der Waals surface area contributed by atoms with Gasteiger partial charge in [-0.05, 0) is 45.8 Å². The van der Waals surface area contributed by atoms with Gasteiger partial charge in [0.05, 0.1) is 0 Å². The van der Waals surface area contributed by atoms with Crippen LogP contribution in [0.15, 0.2) is 0 Å². The largest absolute Gasteiger partial charge is 0.345 e. The monoisotopic (exact) mass is 351 g/mol. The van der Waals surface area contributed by atoms with Crippen LogP contribution >= 0.6 is 22.6 Å². The van der Waals surface area contributed by atoms with Crippen molar-refractivity contribution in [2.75, 3.05) is 33.2 Å². The summed E-state index contributed by atoms with van der Waals surface area (Å²) in [6.07, 6.45) is 4.84. The fraction of sp³-hybridized carbons (Fsp3) is 0.917. The van der Waals surface area contributed by atoms with Gasteiger partial charge in [-0.2, -0.15) is 0 Å². The normalized spacial score (nSPS) is 26.0. The molecule has 0 aromatic rings. The van der Waals surface area contributed by atoms with E-state index in [1.807, 2.05) is 22.6 Å². The molecule has 2 aliphatic heterocycles. The summed E-state index contributed by atoms with van der Waals surface area (Å²) in [5.41, 5.74) is 0. The molecule has 2 fully saturated rings. The Morgan fingerprint density at radius 2 is 1.71 bits per heavy atom. The summed E-state index contributed by atoms with van der Waals surface area (Å²) >= 11 is 1.83. The molecule has 98 valence electrons. The lowest BCUT2D eigenvalue weighted by Gasteiger charge is -2.41. The van der Waals surface area contributed by atoms with Crippen molar-refractivity contribution >= 4 is 26.5 Å². The zero-order valence-corrected chi connectivity index (χ0v) is 12.6. The molecule has 0 aliphatic carbocycles. The predicted octanol–water partition coefficient (Wildman–Crippen LogP) is 1.69. The van der Waals surface area contributed by atoms with E-state index in [1.54, 1.807) is 0 Å². The standard InChI is InChI=1S/C12H22IN3O/c1-15-6-4-11(5-7-15)16-8-2-10(3-9-16)14-12(13)17/h10-11H,2-9H2,1H3,(H,14,17). The molecule has 1 amide bonds. The summed E-state index contributed by atoms with van der Waals surface area (Å²) in [6, 6.07) is 1.18. The molecule has 1 N–H and O–H groups in total. The highest BCUT2D eigenvalue weighted by atomic mass is 127. The van der Waals surface area contributed by atoms with Gasteiger partial charge in [-0.15, -0.1) is 0 Å². The van der Waals surface area contributed by atoms with Crippen LogP contribution in [0.25, 0.3) is 0 Å². The Morgan fingerprint density at radius 1 is 1.12 bits per heavy atom. The molecule has 0 aromatic heterocycles. The minimum Gasteiger partial charge on any atom is -0.345 e. The van der Waals surface area contributed by atoms with Gasteiger partial charge in [0.2, 0.25) is 0 Å². The van der Waals surface area contributed by atoms with E-state index in [-0.39, 0.29) is 3.91 Å². The highest BCUT2D eigenvalue weighted by Gasteiger charge is 2.27. The maximum Gasteiger partial charge on any atom is 0.280 e. The van der Waals surface area contributed by atoms with Gasteiger partial charge < -0.3 is 15.1 Å². The number of carbonyl (C=O) groups is 1. The average Bonchev–Trinajstić information content (AvgIpc) is 2.30. The SMILES string of the molecule is CN1CCC(N2CCC(NC(=O)I)CC2)CC1. The van der Waals surface area contributed by atoms with E-state index in [1.165, 1.54) is 25.9 Å². The van der Waals surface area contributed by atoms with E-state index in [9.17, 15) is 4.79 Å². The zero-order valence-electron chi connectivity index (χ0n) is 10.5. The molecular weight excluding hydrogens is 329 g/mol. The second-order valence-electron chi connectivity index (χ2n) is 5.26. The number of halogens is 1. The van der Waals surface area contributed by atoms with Gasteiger partial charge in [0, 0.05) is 47.8 Å². The van der Waals surface area contributed by atoms with Crippen molar-refractivity contribution in [2.45, 2.75) is 37.8 Å². The molecule has 0 aromatic carbocycles. The quantitative estimate of drug-likeness (QED) is 0.467. The van der Waals surface area contributed by atoms with Crippen molar-refractivity contribution in [1.29, 1.82) is 0 Å². The van der Waals surface area contributed by atoms with Gasteiger partial charge in [0.15, 0.2) is 0 Å². The summed E-state index contributed by atoms with van der Waals surface area (Å²) in [5, 5.41) is 3.03. The molecule has 0 bridgehead atoms. The van der Waals surface area contributed by atoms with E-state index in [0.717, 1.165) is 32.0 Å². The number of carbonyl (C=O) groups excluding carboxylic acids is 1. The predicted molar refractivity (Wildman–Crippen MR) is 77.7 cm³/mol. The molecule has 17 heavy (non-hydrogen) atoms. The Kier molecular flexibility index (Phi) is 5.05. The highest BCUT2D eigenvalue weighted by Crippen LogP contribution is 2.20. The average molecular weight is 351 g/mol. The summed E-state index contributed by atoms with van der Waals surface area (Å²) in [6.45, 7) is 4.76. The van der Waals surface area contributed by atoms with Crippen molar-refractivity contribution in [2.24, 2.45) is 0 Å². The first kappa shape index (κ1) is 13.5. The van der Waals surface area contributed by atoms with Crippen LogP contribution < -0.4 is 5.32 Å². The first-order chi connectivity index (χ1) is 8.15. The lowest BCUT2D eigenvalue weighted by Crippen LogP contribution is -2.50. The van der Waals surface area contributed by atoms with Crippen molar-refractivity contribution in [3.05, 3.63) is 0 Å². The smallest absolute Gasteiger partial charge is 0.280 e. The van der Waals surface area contributed by atoms with Crippen LogP contribution in [0.5, 0.6) is 0 Å². The second kappa shape index (κ2) is 6.33.